The quantitative estimate of drug-likeness (QED) is 0.483. The molecule has 1 saturated heterocycles. The first-order valence-electron chi connectivity index (χ1n) is 9.34. The largest absolute Gasteiger partial charge is 0.372 e. The number of amides is 3. The average Bonchev–Trinajstić information content (AvgIpc) is 2.71. The van der Waals surface area contributed by atoms with Crippen LogP contribution in [0.25, 0.3) is 0 Å². The molecule has 2 atom stereocenters. The fraction of sp³-hybridized carbons (Fsp3) is 0.333. The maximum atomic E-state index is 13.3. The van der Waals surface area contributed by atoms with E-state index in [9.17, 15) is 9.59 Å². The molecule has 2 aromatic carbocycles. The number of benzene rings is 2. The number of nitrogens with two attached hydrogens (primary N) is 1. The van der Waals surface area contributed by atoms with Gasteiger partial charge in [-0.1, -0.05) is 30.3 Å². The summed E-state index contributed by atoms with van der Waals surface area (Å²) in [4.78, 5) is 28.5. The normalized spacial score (nSPS) is 19.2. The molecule has 3 amide bonds. The van der Waals surface area contributed by atoms with Gasteiger partial charge < -0.3 is 9.64 Å². The number of para-hydroxylation sites is 1. The first kappa shape index (κ1) is 19.9. The molecule has 2 aromatic rings. The molecule has 0 saturated carbocycles. The predicted molar refractivity (Wildman–Crippen MR) is 108 cm³/mol. The Kier molecular flexibility index (Phi) is 6.28. The van der Waals surface area contributed by atoms with Crippen molar-refractivity contribution < 1.29 is 14.3 Å². The molecule has 0 aromatic heterocycles. The number of carbonyl (C=O) groups excluding carboxylic acids is 2. The van der Waals surface area contributed by atoms with Gasteiger partial charge in [0, 0.05) is 24.3 Å². The zero-order chi connectivity index (χ0) is 20.1. The summed E-state index contributed by atoms with van der Waals surface area (Å²) >= 11 is 0. The molecule has 2 unspecified atom stereocenters. The van der Waals surface area contributed by atoms with Gasteiger partial charge in [-0.2, -0.15) is 0 Å². The van der Waals surface area contributed by atoms with Crippen LogP contribution >= 0.6 is 0 Å². The van der Waals surface area contributed by atoms with Gasteiger partial charge in [-0.05, 0) is 43.7 Å². The second kappa shape index (κ2) is 8.86. The molecule has 3 rings (SSSR count). The number of rotatable bonds is 4. The highest BCUT2D eigenvalue weighted by Gasteiger charge is 2.29. The summed E-state index contributed by atoms with van der Waals surface area (Å²) in [5.41, 5.74) is 4.33. The maximum Gasteiger partial charge on any atom is 0.324 e. The zero-order valence-corrected chi connectivity index (χ0v) is 16.2. The van der Waals surface area contributed by atoms with E-state index in [2.05, 4.69) is 5.43 Å². The number of carbonyl (C=O) groups is 2. The molecule has 1 aliphatic rings. The van der Waals surface area contributed by atoms with E-state index < -0.39 is 0 Å². The van der Waals surface area contributed by atoms with Crippen molar-refractivity contribution in [3.8, 4) is 0 Å². The summed E-state index contributed by atoms with van der Waals surface area (Å²) in [6.07, 6.45) is -0.00114. The summed E-state index contributed by atoms with van der Waals surface area (Å²) in [5, 5.41) is 0. The van der Waals surface area contributed by atoms with Crippen LogP contribution < -0.4 is 16.2 Å². The van der Waals surface area contributed by atoms with E-state index in [-0.39, 0.29) is 24.1 Å². The number of nitrogens with zero attached hydrogens (tertiary/aromatic N) is 2. The van der Waals surface area contributed by atoms with E-state index in [4.69, 9.17) is 10.6 Å². The highest BCUT2D eigenvalue weighted by atomic mass is 16.5. The molecule has 1 aliphatic heterocycles. The van der Waals surface area contributed by atoms with Crippen LogP contribution in [-0.2, 0) is 11.3 Å². The fourth-order valence-corrected chi connectivity index (χ4v) is 3.41. The molecule has 0 radical (unpaired) electrons. The van der Waals surface area contributed by atoms with Crippen LogP contribution in [0.5, 0.6) is 0 Å². The van der Waals surface area contributed by atoms with Gasteiger partial charge in [0.05, 0.1) is 18.8 Å². The molecule has 1 heterocycles. The Labute approximate surface area is 165 Å². The van der Waals surface area contributed by atoms with Crippen LogP contribution in [-0.4, -0.2) is 42.1 Å². The van der Waals surface area contributed by atoms with Crippen LogP contribution in [0.15, 0.2) is 54.6 Å². The second-order valence-corrected chi connectivity index (χ2v) is 7.04. The van der Waals surface area contributed by atoms with Gasteiger partial charge in [-0.3, -0.25) is 15.1 Å². The number of hydrogen-bond donors (Lipinski definition) is 2. The van der Waals surface area contributed by atoms with Crippen molar-refractivity contribution in [3.05, 3.63) is 65.7 Å². The molecule has 28 heavy (non-hydrogen) atoms. The molecular formula is C21H26N4O3. The van der Waals surface area contributed by atoms with E-state index in [1.807, 2.05) is 61.2 Å². The van der Waals surface area contributed by atoms with Gasteiger partial charge >= 0.3 is 6.03 Å². The molecule has 0 bridgehead atoms. The lowest BCUT2D eigenvalue weighted by molar-refractivity contribution is -0.0537. The SMILES string of the molecule is CC1CN(C(=O)N(Cc2ccc(C(=O)NN)cc2)c2ccccc2)CC(C)O1. The van der Waals surface area contributed by atoms with Crippen molar-refractivity contribution in [3.63, 3.8) is 0 Å². The number of hydrazine groups is 1. The molecule has 148 valence electrons. The topological polar surface area (TPSA) is 87.9 Å². The first-order valence-corrected chi connectivity index (χ1v) is 9.34. The summed E-state index contributed by atoms with van der Waals surface area (Å²) in [7, 11) is 0. The van der Waals surface area contributed by atoms with E-state index in [1.165, 1.54) is 0 Å². The minimum atomic E-state index is -0.348. The molecule has 3 N–H and O–H groups in total. The van der Waals surface area contributed by atoms with Crippen molar-refractivity contribution in [1.82, 2.24) is 10.3 Å². The lowest BCUT2D eigenvalue weighted by Crippen LogP contribution is -2.52. The van der Waals surface area contributed by atoms with Crippen LogP contribution in [0.2, 0.25) is 0 Å². The third-order valence-electron chi connectivity index (χ3n) is 4.68. The number of nitrogen functional groups attached to an aromatic ring is 1. The highest BCUT2D eigenvalue weighted by Crippen LogP contribution is 2.21. The Bertz CT molecular complexity index is 800. The van der Waals surface area contributed by atoms with Crippen molar-refractivity contribution in [1.29, 1.82) is 0 Å². The third-order valence-corrected chi connectivity index (χ3v) is 4.68. The number of urea groups is 1. The lowest BCUT2D eigenvalue weighted by Gasteiger charge is -2.38. The molecule has 0 spiro atoms. The van der Waals surface area contributed by atoms with Crippen molar-refractivity contribution in [2.45, 2.75) is 32.6 Å². The number of nitrogens with one attached hydrogen (secondary N) is 1. The Balaban J connectivity index is 1.83. The minimum absolute atomic E-state index is 0.000572. The van der Waals surface area contributed by atoms with Crippen LogP contribution in [0.1, 0.15) is 29.8 Å². The average molecular weight is 382 g/mol. The van der Waals surface area contributed by atoms with Gasteiger partial charge in [-0.25, -0.2) is 10.6 Å². The molecule has 0 aliphatic carbocycles. The Hall–Kier alpha value is -2.90. The van der Waals surface area contributed by atoms with Gasteiger partial charge in [0.15, 0.2) is 0 Å². The maximum absolute atomic E-state index is 13.3. The van der Waals surface area contributed by atoms with E-state index in [0.717, 1.165) is 11.3 Å². The van der Waals surface area contributed by atoms with Crippen molar-refractivity contribution >= 4 is 17.6 Å². The summed E-state index contributed by atoms with van der Waals surface area (Å²) in [5.74, 6) is 4.83. The smallest absolute Gasteiger partial charge is 0.324 e. The van der Waals surface area contributed by atoms with Gasteiger partial charge in [0.1, 0.15) is 0 Å². The number of hydrogen-bond acceptors (Lipinski definition) is 4. The number of ether oxygens (including phenoxy) is 1. The van der Waals surface area contributed by atoms with Crippen LogP contribution in [0.4, 0.5) is 10.5 Å². The lowest BCUT2D eigenvalue weighted by atomic mass is 10.1. The minimum Gasteiger partial charge on any atom is -0.372 e. The highest BCUT2D eigenvalue weighted by molar-refractivity contribution is 5.94. The Morgan fingerprint density at radius 1 is 1.07 bits per heavy atom. The predicted octanol–water partition coefficient (Wildman–Crippen LogP) is 2.53. The Morgan fingerprint density at radius 2 is 1.68 bits per heavy atom. The number of morpholine rings is 1. The summed E-state index contributed by atoms with van der Waals surface area (Å²) in [6.45, 7) is 5.46. The third kappa shape index (κ3) is 4.68. The Morgan fingerprint density at radius 3 is 2.25 bits per heavy atom. The summed E-state index contributed by atoms with van der Waals surface area (Å²) < 4.78 is 5.76. The van der Waals surface area contributed by atoms with Crippen molar-refractivity contribution in [2.24, 2.45) is 5.84 Å². The molecule has 7 heteroatoms. The summed E-state index contributed by atoms with van der Waals surface area (Å²) in [6, 6.07) is 16.6. The first-order chi connectivity index (χ1) is 13.5. The molecular weight excluding hydrogens is 356 g/mol. The van der Waals surface area contributed by atoms with E-state index in [0.29, 0.717) is 25.2 Å². The van der Waals surface area contributed by atoms with E-state index in [1.54, 1.807) is 17.0 Å². The standard InChI is InChI=1S/C21H26N4O3/c1-15-12-24(13-16(2)28-15)21(27)25(19-6-4-3-5-7-19)14-17-8-10-18(11-9-17)20(26)23-22/h3-11,15-16H,12-14,22H2,1-2H3,(H,23,26). The van der Waals surface area contributed by atoms with Crippen molar-refractivity contribution in [2.75, 3.05) is 18.0 Å². The zero-order valence-electron chi connectivity index (χ0n) is 16.2. The van der Waals surface area contributed by atoms with E-state index >= 15 is 0 Å². The van der Waals surface area contributed by atoms with Gasteiger partial charge in [0.25, 0.3) is 5.91 Å². The van der Waals surface area contributed by atoms with Gasteiger partial charge in [0.2, 0.25) is 0 Å². The second-order valence-electron chi connectivity index (χ2n) is 7.04. The van der Waals surface area contributed by atoms with Crippen LogP contribution in [0.3, 0.4) is 0 Å². The monoisotopic (exact) mass is 382 g/mol. The molecule has 7 nitrogen and oxygen atoms in total. The fourth-order valence-electron chi connectivity index (χ4n) is 3.41. The number of anilines is 1. The van der Waals surface area contributed by atoms with Crippen LogP contribution in [0, 0.1) is 0 Å². The van der Waals surface area contributed by atoms with Gasteiger partial charge in [-0.15, -0.1) is 0 Å². The molecule has 1 fully saturated rings.